The number of nitrogens with two attached hydrogens (primary N) is 1. The van der Waals surface area contributed by atoms with Crippen molar-refractivity contribution < 1.29 is 0 Å². The van der Waals surface area contributed by atoms with Crippen molar-refractivity contribution in [1.29, 1.82) is 0 Å². The van der Waals surface area contributed by atoms with Crippen molar-refractivity contribution in [2.45, 2.75) is 65.3 Å². The van der Waals surface area contributed by atoms with Gasteiger partial charge < -0.3 is 5.73 Å². The van der Waals surface area contributed by atoms with Crippen LogP contribution < -0.4 is 5.73 Å². The van der Waals surface area contributed by atoms with Crippen LogP contribution in [0.1, 0.15) is 59.8 Å². The maximum absolute atomic E-state index is 6.13. The Morgan fingerprint density at radius 3 is 2.00 bits per heavy atom. The van der Waals surface area contributed by atoms with Gasteiger partial charge in [0, 0.05) is 5.92 Å². The van der Waals surface area contributed by atoms with Crippen molar-refractivity contribution >= 4 is 0 Å². The Morgan fingerprint density at radius 1 is 1.07 bits per heavy atom. The Balaban J connectivity index is 0.000000791. The van der Waals surface area contributed by atoms with Gasteiger partial charge in [-0.3, -0.25) is 0 Å². The number of hydrogen-bond acceptors (Lipinski definition) is 1. The molecule has 0 radical (unpaired) electrons. The molecule has 0 aromatic rings. The lowest BCUT2D eigenvalue weighted by Gasteiger charge is -2.27. The maximum atomic E-state index is 6.13. The molecule has 0 saturated heterocycles. The fourth-order valence-corrected chi connectivity index (χ4v) is 1.60. The summed E-state index contributed by atoms with van der Waals surface area (Å²) in [5.41, 5.74) is 5.98. The lowest BCUT2D eigenvalue weighted by Crippen LogP contribution is -2.40. The second-order valence-electron chi connectivity index (χ2n) is 4.14. The summed E-state index contributed by atoms with van der Waals surface area (Å²) in [5, 5.41) is 0. The summed E-state index contributed by atoms with van der Waals surface area (Å²) in [7, 11) is 0. The Hall–Kier alpha value is -0.480. The van der Waals surface area contributed by atoms with E-state index in [-0.39, 0.29) is 5.54 Å². The van der Waals surface area contributed by atoms with Crippen molar-refractivity contribution in [2.24, 2.45) is 11.7 Å². The normalized spacial score (nSPS) is 19.0. The van der Waals surface area contributed by atoms with Gasteiger partial charge in [-0.05, 0) is 12.8 Å². The molecule has 82 valence electrons. The Kier molecular flexibility index (Phi) is 6.66. The van der Waals surface area contributed by atoms with Gasteiger partial charge in [0.15, 0.2) is 0 Å². The summed E-state index contributed by atoms with van der Waals surface area (Å²) in [6.07, 6.45) is 6.02. The van der Waals surface area contributed by atoms with E-state index in [9.17, 15) is 0 Å². The molecule has 0 aromatic heterocycles. The third-order valence-electron chi connectivity index (χ3n) is 2.36. The average Bonchev–Trinajstić information content (AvgIpc) is 2.19. The van der Waals surface area contributed by atoms with Gasteiger partial charge in [-0.2, -0.15) is 0 Å². The molecule has 0 spiro atoms. The van der Waals surface area contributed by atoms with Gasteiger partial charge in [-0.1, -0.05) is 58.8 Å². The minimum absolute atomic E-state index is 0.150. The summed E-state index contributed by atoms with van der Waals surface area (Å²) in [5.74, 6) is 6.86. The van der Waals surface area contributed by atoms with Crippen LogP contribution in [0.4, 0.5) is 0 Å². The molecule has 0 atom stereocenters. The minimum atomic E-state index is -0.150. The van der Waals surface area contributed by atoms with E-state index in [1.807, 2.05) is 13.8 Å². The summed E-state index contributed by atoms with van der Waals surface area (Å²) in [6.45, 7) is 8.22. The largest absolute Gasteiger partial charge is 0.315 e. The molecule has 0 unspecified atom stereocenters. The van der Waals surface area contributed by atoms with E-state index in [4.69, 9.17) is 5.73 Å². The molecule has 1 aliphatic rings. The highest BCUT2D eigenvalue weighted by Crippen LogP contribution is 2.25. The van der Waals surface area contributed by atoms with Crippen molar-refractivity contribution in [3.8, 4) is 11.8 Å². The second-order valence-corrected chi connectivity index (χ2v) is 4.14. The predicted molar refractivity (Wildman–Crippen MR) is 64.0 cm³/mol. The molecular formula is C13H25N. The van der Waals surface area contributed by atoms with Crippen molar-refractivity contribution in [2.75, 3.05) is 0 Å². The monoisotopic (exact) mass is 195 g/mol. The minimum Gasteiger partial charge on any atom is -0.315 e. The molecule has 0 aliphatic heterocycles. The van der Waals surface area contributed by atoms with Gasteiger partial charge >= 0.3 is 0 Å². The van der Waals surface area contributed by atoms with Gasteiger partial charge in [0.2, 0.25) is 0 Å². The molecule has 1 saturated carbocycles. The van der Waals surface area contributed by atoms with E-state index in [1.54, 1.807) is 0 Å². The molecule has 1 fully saturated rings. The molecule has 0 bridgehead atoms. The summed E-state index contributed by atoms with van der Waals surface area (Å²) >= 11 is 0. The smallest absolute Gasteiger partial charge is 0.0776 e. The molecule has 1 heteroatoms. The van der Waals surface area contributed by atoms with Gasteiger partial charge in [-0.25, -0.2) is 0 Å². The first-order chi connectivity index (χ1) is 6.62. The van der Waals surface area contributed by atoms with Crippen LogP contribution in [-0.2, 0) is 0 Å². The summed E-state index contributed by atoms with van der Waals surface area (Å²) in [4.78, 5) is 0. The summed E-state index contributed by atoms with van der Waals surface area (Å²) in [6, 6.07) is 0. The van der Waals surface area contributed by atoms with Crippen LogP contribution >= 0.6 is 0 Å². The Labute approximate surface area is 89.5 Å². The van der Waals surface area contributed by atoms with Crippen LogP contribution in [0.2, 0.25) is 0 Å². The van der Waals surface area contributed by atoms with E-state index in [1.165, 1.54) is 19.3 Å². The zero-order valence-corrected chi connectivity index (χ0v) is 10.2. The highest BCUT2D eigenvalue weighted by molar-refractivity contribution is 5.18. The number of hydrogen-bond donors (Lipinski definition) is 1. The SMILES string of the molecule is CC.CC(C)C#CC1(N)CCCCC1. The van der Waals surface area contributed by atoms with Crippen molar-refractivity contribution in [3.05, 3.63) is 0 Å². The van der Waals surface area contributed by atoms with E-state index in [2.05, 4.69) is 25.7 Å². The van der Waals surface area contributed by atoms with Crippen LogP contribution in [0.3, 0.4) is 0 Å². The molecule has 2 N–H and O–H groups in total. The van der Waals surface area contributed by atoms with Gasteiger partial charge in [0.1, 0.15) is 0 Å². The molecule has 14 heavy (non-hydrogen) atoms. The summed E-state index contributed by atoms with van der Waals surface area (Å²) < 4.78 is 0. The van der Waals surface area contributed by atoms with Crippen LogP contribution in [0.5, 0.6) is 0 Å². The van der Waals surface area contributed by atoms with Gasteiger partial charge in [0.25, 0.3) is 0 Å². The average molecular weight is 195 g/mol. The van der Waals surface area contributed by atoms with Crippen LogP contribution in [0.25, 0.3) is 0 Å². The van der Waals surface area contributed by atoms with Crippen molar-refractivity contribution in [1.82, 2.24) is 0 Å². The third kappa shape index (κ3) is 5.29. The van der Waals surface area contributed by atoms with E-state index in [0.29, 0.717) is 5.92 Å². The zero-order chi connectivity index (χ0) is 11.0. The van der Waals surface area contributed by atoms with Crippen LogP contribution in [-0.4, -0.2) is 5.54 Å². The van der Waals surface area contributed by atoms with Crippen LogP contribution in [0, 0.1) is 17.8 Å². The van der Waals surface area contributed by atoms with E-state index >= 15 is 0 Å². The van der Waals surface area contributed by atoms with Crippen molar-refractivity contribution in [3.63, 3.8) is 0 Å². The second kappa shape index (κ2) is 6.90. The fourth-order valence-electron chi connectivity index (χ4n) is 1.60. The topological polar surface area (TPSA) is 26.0 Å². The number of rotatable bonds is 0. The molecular weight excluding hydrogens is 170 g/mol. The first-order valence-electron chi connectivity index (χ1n) is 5.94. The first kappa shape index (κ1) is 13.5. The quantitative estimate of drug-likeness (QED) is 0.589. The predicted octanol–water partition coefficient (Wildman–Crippen LogP) is 3.33. The van der Waals surface area contributed by atoms with Crippen LogP contribution in [0.15, 0.2) is 0 Å². The molecule has 0 amide bonds. The van der Waals surface area contributed by atoms with Gasteiger partial charge in [-0.15, -0.1) is 0 Å². The van der Waals surface area contributed by atoms with Gasteiger partial charge in [0.05, 0.1) is 5.54 Å². The standard InChI is InChI=1S/C11H19N.C2H6/c1-10(2)6-9-11(12)7-4-3-5-8-11;1-2/h10H,3-5,7-8,12H2,1-2H3;1-2H3. The van der Waals surface area contributed by atoms with E-state index in [0.717, 1.165) is 12.8 Å². The van der Waals surface area contributed by atoms with E-state index < -0.39 is 0 Å². The molecule has 1 rings (SSSR count). The fraction of sp³-hybridized carbons (Fsp3) is 0.846. The maximum Gasteiger partial charge on any atom is 0.0776 e. The highest BCUT2D eigenvalue weighted by atomic mass is 14.7. The lowest BCUT2D eigenvalue weighted by atomic mass is 9.83. The highest BCUT2D eigenvalue weighted by Gasteiger charge is 2.24. The third-order valence-corrected chi connectivity index (χ3v) is 2.36. The molecule has 1 aliphatic carbocycles. The Bertz CT molecular complexity index is 189. The first-order valence-corrected chi connectivity index (χ1v) is 5.94. The molecule has 0 heterocycles. The Morgan fingerprint density at radius 2 is 1.57 bits per heavy atom. The molecule has 0 aromatic carbocycles. The lowest BCUT2D eigenvalue weighted by molar-refractivity contribution is 0.370. The zero-order valence-electron chi connectivity index (χ0n) is 10.2. The molecule has 1 nitrogen and oxygen atoms in total.